The molecule has 0 aliphatic rings. The molecule has 7 heteroatoms. The average molecular weight is 271 g/mol. The molecule has 0 fully saturated rings. The minimum Gasteiger partial charge on any atom is -0.508 e. The van der Waals surface area contributed by atoms with Gasteiger partial charge < -0.3 is 5.11 Å². The monoisotopic (exact) mass is 271 g/mol. The fourth-order valence-corrected chi connectivity index (χ4v) is 1.26. The van der Waals surface area contributed by atoms with Crippen LogP contribution in [0.3, 0.4) is 0 Å². The molecule has 1 aromatic heterocycles. The van der Waals surface area contributed by atoms with E-state index in [2.05, 4.69) is 9.87 Å². The Labute approximate surface area is 106 Å². The number of aromatic nitrogens is 1. The Bertz CT molecular complexity index is 555. The van der Waals surface area contributed by atoms with Gasteiger partial charge in [0.15, 0.2) is 5.75 Å². The van der Waals surface area contributed by atoms with E-state index in [9.17, 15) is 13.2 Å². The molecule has 4 nitrogen and oxygen atoms in total. The second-order valence-electron chi connectivity index (χ2n) is 3.51. The Balaban J connectivity index is 2.14. The van der Waals surface area contributed by atoms with E-state index in [0.717, 1.165) is 18.3 Å². The Morgan fingerprint density at radius 2 is 1.68 bits per heavy atom. The molecule has 0 saturated heterocycles. The summed E-state index contributed by atoms with van der Waals surface area (Å²) in [6.45, 7) is 0. The molecule has 1 N–H and O–H groups in total. The first-order valence-corrected chi connectivity index (χ1v) is 5.12. The fraction of sp³-hybridized carbons (Fsp3) is 0.0833. The lowest BCUT2D eigenvalue weighted by Crippen LogP contribution is -2.11. The van der Waals surface area contributed by atoms with Crippen molar-refractivity contribution in [3.63, 3.8) is 0 Å². The van der Waals surface area contributed by atoms with Crippen molar-refractivity contribution < 1.29 is 28.1 Å². The van der Waals surface area contributed by atoms with Gasteiger partial charge in [-0.15, -0.1) is 0 Å². The van der Waals surface area contributed by atoms with Gasteiger partial charge in [0, 0.05) is 6.20 Å². The maximum absolute atomic E-state index is 12.6. The first-order valence-electron chi connectivity index (χ1n) is 5.12. The van der Waals surface area contributed by atoms with Crippen LogP contribution in [0.15, 0.2) is 42.6 Å². The molecule has 2 aromatic rings. The van der Waals surface area contributed by atoms with Crippen molar-refractivity contribution in [2.75, 3.05) is 0 Å². The van der Waals surface area contributed by atoms with Gasteiger partial charge in [0.25, 0.3) is 5.88 Å². The number of halogens is 3. The van der Waals surface area contributed by atoms with E-state index in [0.29, 0.717) is 0 Å². The second-order valence-corrected chi connectivity index (χ2v) is 3.51. The van der Waals surface area contributed by atoms with Crippen molar-refractivity contribution in [2.45, 2.75) is 6.18 Å². The summed E-state index contributed by atoms with van der Waals surface area (Å²) in [6.07, 6.45) is -3.42. The van der Waals surface area contributed by atoms with E-state index < -0.39 is 17.6 Å². The van der Waals surface area contributed by atoms with Crippen molar-refractivity contribution in [1.82, 2.24) is 4.98 Å². The number of aromatic hydroxyl groups is 1. The van der Waals surface area contributed by atoms with Crippen LogP contribution >= 0.6 is 0 Å². The number of benzene rings is 1. The molecule has 19 heavy (non-hydrogen) atoms. The third-order valence-corrected chi connectivity index (χ3v) is 2.13. The quantitative estimate of drug-likeness (QED) is 0.688. The molecule has 1 aromatic carbocycles. The highest BCUT2D eigenvalue weighted by atomic mass is 19.4. The summed E-state index contributed by atoms with van der Waals surface area (Å²) < 4.78 is 37.9. The normalized spacial score (nSPS) is 11.1. The molecular weight excluding hydrogens is 263 g/mol. The summed E-state index contributed by atoms with van der Waals surface area (Å²) >= 11 is 0. The van der Waals surface area contributed by atoms with Gasteiger partial charge in [-0.3, -0.25) is 9.78 Å². The lowest BCUT2D eigenvalue weighted by Gasteiger charge is -2.11. The molecule has 0 aliphatic heterocycles. The number of phenols is 1. The van der Waals surface area contributed by atoms with E-state index in [1.54, 1.807) is 0 Å². The standard InChI is InChI=1S/C12H8F3NO3/c13-12(14,15)10-2-1-7-16-11(10)19-18-9-5-3-8(17)4-6-9/h1-7,17H. The van der Waals surface area contributed by atoms with Crippen molar-refractivity contribution >= 4 is 0 Å². The zero-order valence-electron chi connectivity index (χ0n) is 9.39. The summed E-state index contributed by atoms with van der Waals surface area (Å²) in [5.74, 6) is -0.541. The Hall–Kier alpha value is -2.44. The lowest BCUT2D eigenvalue weighted by molar-refractivity contribution is -0.151. The zero-order chi connectivity index (χ0) is 13.9. The van der Waals surface area contributed by atoms with Crippen molar-refractivity contribution in [2.24, 2.45) is 0 Å². The average Bonchev–Trinajstić information content (AvgIpc) is 2.37. The predicted octanol–water partition coefficient (Wildman–Crippen LogP) is 3.18. The lowest BCUT2D eigenvalue weighted by atomic mass is 10.3. The van der Waals surface area contributed by atoms with E-state index in [4.69, 9.17) is 9.99 Å². The number of hydrogen-bond donors (Lipinski definition) is 1. The summed E-state index contributed by atoms with van der Waals surface area (Å²) in [5.41, 5.74) is -1.03. The summed E-state index contributed by atoms with van der Waals surface area (Å²) in [4.78, 5) is 12.7. The highest BCUT2D eigenvalue weighted by molar-refractivity contribution is 5.31. The predicted molar refractivity (Wildman–Crippen MR) is 58.6 cm³/mol. The van der Waals surface area contributed by atoms with Gasteiger partial charge >= 0.3 is 6.18 Å². The SMILES string of the molecule is Oc1ccc(OOc2ncccc2C(F)(F)F)cc1. The molecule has 0 aliphatic carbocycles. The molecule has 0 bridgehead atoms. The fourth-order valence-electron chi connectivity index (χ4n) is 1.26. The number of hydrogen-bond acceptors (Lipinski definition) is 4. The minimum atomic E-state index is -4.58. The van der Waals surface area contributed by atoms with E-state index in [1.807, 2.05) is 0 Å². The van der Waals surface area contributed by atoms with Gasteiger partial charge in [-0.05, 0) is 36.4 Å². The number of phenolic OH excluding ortho intramolecular Hbond substituents is 1. The van der Waals surface area contributed by atoms with Crippen LogP contribution in [-0.2, 0) is 6.18 Å². The van der Waals surface area contributed by atoms with Crippen LogP contribution in [0, 0.1) is 0 Å². The molecule has 0 saturated carbocycles. The number of rotatable bonds is 3. The molecule has 100 valence electrons. The molecule has 2 rings (SSSR count). The van der Waals surface area contributed by atoms with E-state index in [-0.39, 0.29) is 11.5 Å². The third-order valence-electron chi connectivity index (χ3n) is 2.13. The topological polar surface area (TPSA) is 51.6 Å². The molecule has 0 radical (unpaired) electrons. The largest absolute Gasteiger partial charge is 0.508 e. The van der Waals surface area contributed by atoms with Crippen LogP contribution in [0.2, 0.25) is 0 Å². The van der Waals surface area contributed by atoms with Crippen LogP contribution in [0.25, 0.3) is 0 Å². The van der Waals surface area contributed by atoms with Crippen LogP contribution in [0.5, 0.6) is 17.4 Å². The molecule has 0 amide bonds. The smallest absolute Gasteiger partial charge is 0.421 e. The number of nitrogens with zero attached hydrogens (tertiary/aromatic N) is 1. The molecule has 1 heterocycles. The molecule has 0 unspecified atom stereocenters. The summed E-state index contributed by atoms with van der Waals surface area (Å²) in [5, 5.41) is 9.04. The van der Waals surface area contributed by atoms with Gasteiger partial charge in [-0.2, -0.15) is 13.2 Å². The van der Waals surface area contributed by atoms with Gasteiger partial charge in [0.1, 0.15) is 11.3 Å². The molecule has 0 spiro atoms. The Morgan fingerprint density at radius 3 is 2.32 bits per heavy atom. The van der Waals surface area contributed by atoms with Gasteiger partial charge in [-0.1, -0.05) is 0 Å². The van der Waals surface area contributed by atoms with Crippen LogP contribution in [-0.4, -0.2) is 10.1 Å². The Kier molecular flexibility index (Phi) is 3.46. The Morgan fingerprint density at radius 1 is 1.00 bits per heavy atom. The van der Waals surface area contributed by atoms with Crippen molar-refractivity contribution in [3.05, 3.63) is 48.2 Å². The third kappa shape index (κ3) is 3.27. The second kappa shape index (κ2) is 5.05. The van der Waals surface area contributed by atoms with E-state index >= 15 is 0 Å². The summed E-state index contributed by atoms with van der Waals surface area (Å²) in [6, 6.07) is 7.28. The highest BCUT2D eigenvalue weighted by Gasteiger charge is 2.35. The van der Waals surface area contributed by atoms with Gasteiger partial charge in [0.2, 0.25) is 0 Å². The van der Waals surface area contributed by atoms with Crippen LogP contribution in [0.4, 0.5) is 13.2 Å². The summed E-state index contributed by atoms with van der Waals surface area (Å²) in [7, 11) is 0. The molecular formula is C12H8F3NO3. The maximum Gasteiger partial charge on any atom is 0.421 e. The van der Waals surface area contributed by atoms with Gasteiger partial charge in [0.05, 0.1) is 0 Å². The van der Waals surface area contributed by atoms with Gasteiger partial charge in [-0.25, -0.2) is 4.98 Å². The first-order chi connectivity index (χ1) is 8.97. The zero-order valence-corrected chi connectivity index (χ0v) is 9.39. The van der Waals surface area contributed by atoms with E-state index in [1.165, 1.54) is 24.3 Å². The molecule has 0 atom stereocenters. The van der Waals surface area contributed by atoms with Crippen molar-refractivity contribution in [1.29, 1.82) is 0 Å². The highest BCUT2D eigenvalue weighted by Crippen LogP contribution is 2.34. The number of alkyl halides is 3. The first kappa shape index (κ1) is 13.0. The maximum atomic E-state index is 12.6. The minimum absolute atomic E-state index is 0.00108. The van der Waals surface area contributed by atoms with Crippen molar-refractivity contribution in [3.8, 4) is 17.4 Å². The number of pyridine rings is 1. The van der Waals surface area contributed by atoms with Crippen LogP contribution < -0.4 is 9.78 Å². The van der Waals surface area contributed by atoms with Crippen LogP contribution in [0.1, 0.15) is 5.56 Å².